The Labute approximate surface area is 203 Å². The van der Waals surface area contributed by atoms with Crippen molar-refractivity contribution in [1.29, 1.82) is 0 Å². The maximum Gasteiger partial charge on any atom is 0.237 e. The number of fused-ring (bicyclic) bond motifs is 2. The lowest BCUT2D eigenvalue weighted by atomic mass is 9.62. The molecule has 34 heavy (non-hydrogen) atoms. The van der Waals surface area contributed by atoms with Gasteiger partial charge in [-0.25, -0.2) is 8.78 Å². The summed E-state index contributed by atoms with van der Waals surface area (Å²) in [6, 6.07) is 7.71. The zero-order chi connectivity index (χ0) is 24.4. The van der Waals surface area contributed by atoms with Crippen LogP contribution >= 0.6 is 11.6 Å². The summed E-state index contributed by atoms with van der Waals surface area (Å²) in [6.07, 6.45) is 2.97. The number of benzene rings is 2. The second kappa shape index (κ2) is 8.13. The largest absolute Gasteiger partial charge is 0.325 e. The number of nitrogens with one attached hydrogen (secondary N) is 2. The average Bonchev–Trinajstić information content (AvgIpc) is 3.43. The number of amides is 1. The molecule has 2 heterocycles. The number of rotatable bonds is 5. The van der Waals surface area contributed by atoms with Crippen LogP contribution in [0.25, 0.3) is 0 Å². The molecule has 1 spiro atoms. The molecule has 0 aromatic heterocycles. The first-order valence-electron chi connectivity index (χ1n) is 11.9. The van der Waals surface area contributed by atoms with Crippen LogP contribution in [0.3, 0.4) is 0 Å². The van der Waals surface area contributed by atoms with Crippen molar-refractivity contribution >= 4 is 29.0 Å². The Balaban J connectivity index is 1.75. The first-order valence-corrected chi connectivity index (χ1v) is 12.2. The molecular formula is C27H29ClF2N2O2. The van der Waals surface area contributed by atoms with E-state index in [9.17, 15) is 14.0 Å². The number of anilines is 1. The van der Waals surface area contributed by atoms with E-state index < -0.39 is 35.1 Å². The van der Waals surface area contributed by atoms with Crippen molar-refractivity contribution in [2.45, 2.75) is 69.9 Å². The molecule has 4 atom stereocenters. The second-order valence-corrected chi connectivity index (χ2v) is 11.6. The maximum atomic E-state index is 15.6. The average molecular weight is 487 g/mol. The van der Waals surface area contributed by atoms with Gasteiger partial charge in [0.05, 0.1) is 11.1 Å². The summed E-state index contributed by atoms with van der Waals surface area (Å²) in [5, 5.41) is 6.27. The molecule has 4 nitrogen and oxygen atoms in total. The van der Waals surface area contributed by atoms with Gasteiger partial charge in [-0.3, -0.25) is 9.59 Å². The van der Waals surface area contributed by atoms with Gasteiger partial charge in [-0.15, -0.1) is 0 Å². The van der Waals surface area contributed by atoms with Gasteiger partial charge in [-0.1, -0.05) is 50.6 Å². The highest BCUT2D eigenvalue weighted by Gasteiger charge is 2.66. The summed E-state index contributed by atoms with van der Waals surface area (Å²) < 4.78 is 29.7. The second-order valence-electron chi connectivity index (χ2n) is 11.2. The molecule has 1 aliphatic carbocycles. The molecule has 0 bridgehead atoms. The van der Waals surface area contributed by atoms with Crippen LogP contribution in [0.1, 0.15) is 63.5 Å². The van der Waals surface area contributed by atoms with Crippen LogP contribution in [0.5, 0.6) is 0 Å². The molecule has 5 rings (SSSR count). The van der Waals surface area contributed by atoms with E-state index in [1.807, 2.05) is 0 Å². The summed E-state index contributed by atoms with van der Waals surface area (Å²) in [5.41, 5.74) is -0.288. The molecule has 0 unspecified atom stereocenters. The fourth-order valence-electron chi connectivity index (χ4n) is 5.94. The van der Waals surface area contributed by atoms with Crippen LogP contribution in [0, 0.1) is 23.0 Å². The van der Waals surface area contributed by atoms with Crippen molar-refractivity contribution in [3.8, 4) is 0 Å². The van der Waals surface area contributed by atoms with Gasteiger partial charge < -0.3 is 10.6 Å². The van der Waals surface area contributed by atoms with Crippen molar-refractivity contribution < 1.29 is 18.4 Å². The summed E-state index contributed by atoms with van der Waals surface area (Å²) >= 11 is 6.18. The molecule has 2 aromatic carbocycles. The van der Waals surface area contributed by atoms with Crippen molar-refractivity contribution in [3.05, 3.63) is 64.2 Å². The molecule has 1 saturated carbocycles. The number of hydrogen-bond donors (Lipinski definition) is 2. The van der Waals surface area contributed by atoms with Crippen LogP contribution in [-0.2, 0) is 15.0 Å². The third-order valence-electron chi connectivity index (χ3n) is 7.47. The third kappa shape index (κ3) is 3.75. The maximum absolute atomic E-state index is 15.6. The highest BCUT2D eigenvalue weighted by atomic mass is 35.5. The van der Waals surface area contributed by atoms with Crippen molar-refractivity contribution in [1.82, 2.24) is 5.32 Å². The first kappa shape index (κ1) is 23.4. The number of Topliss-reactive ketones (excluding diaryl/α,β-unsaturated/α-hetero) is 1. The minimum Gasteiger partial charge on any atom is -0.325 e. The van der Waals surface area contributed by atoms with Gasteiger partial charge in [0.25, 0.3) is 0 Å². The predicted octanol–water partition coefficient (Wildman–Crippen LogP) is 5.74. The van der Waals surface area contributed by atoms with Crippen LogP contribution in [0.2, 0.25) is 5.02 Å². The van der Waals surface area contributed by atoms with E-state index in [1.165, 1.54) is 18.2 Å². The lowest BCUT2D eigenvalue weighted by Gasteiger charge is -2.37. The number of carbonyl (C=O) groups is 2. The highest BCUT2D eigenvalue weighted by molar-refractivity contribution is 6.30. The molecule has 180 valence electrons. The van der Waals surface area contributed by atoms with Crippen molar-refractivity contribution in [3.63, 3.8) is 0 Å². The van der Waals surface area contributed by atoms with Gasteiger partial charge in [-0.05, 0) is 59.9 Å². The Hall–Kier alpha value is -2.31. The molecule has 7 heteroatoms. The molecule has 1 amide bonds. The molecule has 2 N–H and O–H groups in total. The molecule has 1 saturated heterocycles. The topological polar surface area (TPSA) is 58.2 Å². The fourth-order valence-corrected chi connectivity index (χ4v) is 6.12. The van der Waals surface area contributed by atoms with E-state index in [-0.39, 0.29) is 27.7 Å². The van der Waals surface area contributed by atoms with Crippen molar-refractivity contribution in [2.24, 2.45) is 11.3 Å². The van der Waals surface area contributed by atoms with Crippen LogP contribution in [0.4, 0.5) is 14.5 Å². The lowest BCUT2D eigenvalue weighted by Crippen LogP contribution is -2.49. The van der Waals surface area contributed by atoms with E-state index in [2.05, 4.69) is 31.4 Å². The Morgan fingerprint density at radius 2 is 1.91 bits per heavy atom. The van der Waals surface area contributed by atoms with E-state index in [4.69, 9.17) is 11.6 Å². The molecule has 2 fully saturated rings. The predicted molar refractivity (Wildman–Crippen MR) is 128 cm³/mol. The lowest BCUT2D eigenvalue weighted by molar-refractivity contribution is -0.122. The number of ketones is 1. The zero-order valence-corrected chi connectivity index (χ0v) is 20.3. The number of carbonyl (C=O) groups excluding carboxylic acids is 2. The third-order valence-corrected chi connectivity index (χ3v) is 7.76. The highest BCUT2D eigenvalue weighted by Crippen LogP contribution is 2.57. The molecule has 2 aromatic rings. The van der Waals surface area contributed by atoms with Gasteiger partial charge in [0.15, 0.2) is 5.78 Å². The Kier molecular flexibility index (Phi) is 5.60. The van der Waals surface area contributed by atoms with Gasteiger partial charge in [0.1, 0.15) is 17.0 Å². The van der Waals surface area contributed by atoms with Crippen LogP contribution in [-0.4, -0.2) is 23.8 Å². The summed E-state index contributed by atoms with van der Waals surface area (Å²) in [4.78, 5) is 27.5. The zero-order valence-electron chi connectivity index (χ0n) is 19.6. The minimum atomic E-state index is -1.29. The van der Waals surface area contributed by atoms with E-state index in [1.54, 1.807) is 18.2 Å². The Morgan fingerprint density at radius 1 is 1.18 bits per heavy atom. The van der Waals surface area contributed by atoms with Crippen molar-refractivity contribution in [2.75, 3.05) is 5.32 Å². The molecule has 2 aliphatic heterocycles. The molecular weight excluding hydrogens is 458 g/mol. The Morgan fingerprint density at radius 3 is 2.59 bits per heavy atom. The standard InChI is InChI=1S/C27H29ClF2N2O2/c1-26(2,3)13-21-27(17-10-9-15(29)12-19(17)31-25(27)34)22(16-5-4-6-18(28)23(16)30)24(32-21)20(33)11-14-7-8-14/h4-6,9-10,12,14,21-22,24,32H,7-8,11,13H2,1-3H3,(H,31,34)/t21-,22+,24+,27+/m1/s1. The quantitative estimate of drug-likeness (QED) is 0.566. The van der Waals surface area contributed by atoms with Crippen LogP contribution < -0.4 is 10.6 Å². The number of hydrogen-bond acceptors (Lipinski definition) is 3. The fraction of sp³-hybridized carbons (Fsp3) is 0.481. The minimum absolute atomic E-state index is 0.0222. The smallest absolute Gasteiger partial charge is 0.237 e. The van der Waals surface area contributed by atoms with Gasteiger partial charge in [0.2, 0.25) is 5.91 Å². The van der Waals surface area contributed by atoms with E-state index >= 15 is 4.39 Å². The van der Waals surface area contributed by atoms with E-state index in [0.29, 0.717) is 30.0 Å². The normalized spacial score (nSPS) is 28.3. The SMILES string of the molecule is CC(C)(C)C[C@H]1N[C@@H](C(=O)CC2CC2)[C@H](c2cccc(Cl)c2F)[C@@]12C(=O)Nc1cc(F)ccc12. The molecule has 3 aliphatic rings. The summed E-state index contributed by atoms with van der Waals surface area (Å²) in [6.45, 7) is 6.19. The first-order chi connectivity index (χ1) is 16.0. The van der Waals surface area contributed by atoms with Gasteiger partial charge in [0, 0.05) is 24.1 Å². The summed E-state index contributed by atoms with van der Waals surface area (Å²) in [5.74, 6) is -1.94. The van der Waals surface area contributed by atoms with Gasteiger partial charge in [-0.2, -0.15) is 0 Å². The number of halogens is 3. The van der Waals surface area contributed by atoms with Crippen LogP contribution in [0.15, 0.2) is 36.4 Å². The Bertz CT molecular complexity index is 1170. The summed E-state index contributed by atoms with van der Waals surface area (Å²) in [7, 11) is 0. The monoisotopic (exact) mass is 486 g/mol. The van der Waals surface area contributed by atoms with E-state index in [0.717, 1.165) is 12.8 Å². The molecule has 0 radical (unpaired) electrons. The van der Waals surface area contributed by atoms with Gasteiger partial charge >= 0.3 is 0 Å².